The number of carbonyl (C=O) groups is 2. The summed E-state index contributed by atoms with van der Waals surface area (Å²) in [6.07, 6.45) is -3.14. The highest BCUT2D eigenvalue weighted by molar-refractivity contribution is 5.98. The minimum absolute atomic E-state index is 0.0827. The predicted octanol–water partition coefficient (Wildman–Crippen LogP) is 1.26. The lowest BCUT2D eigenvalue weighted by atomic mass is 9.92. The Morgan fingerprint density at radius 1 is 1.00 bits per heavy atom. The minimum Gasteiger partial charge on any atom is -0.399 e. The van der Waals surface area contributed by atoms with Gasteiger partial charge in [0, 0.05) is 22.4 Å². The van der Waals surface area contributed by atoms with Gasteiger partial charge < -0.3 is 16.8 Å². The van der Waals surface area contributed by atoms with Crippen LogP contribution in [0, 0.1) is 23.7 Å². The number of benzene rings is 2. The van der Waals surface area contributed by atoms with Crippen LogP contribution >= 0.6 is 0 Å². The van der Waals surface area contributed by atoms with Crippen LogP contribution in [-0.4, -0.2) is 35.0 Å². The second-order valence-corrected chi connectivity index (χ2v) is 6.75. The van der Waals surface area contributed by atoms with Gasteiger partial charge in [-0.3, -0.25) is 14.8 Å². The molecule has 7 N–H and O–H groups in total. The number of amides is 2. The standard InChI is InChI=1S/C22H20F2N4O3/c1-22(26,21(23)24)18(20(30)28-31)27-19(29)16-10-6-14(7-11-16)4-2-3-5-15-8-12-17(25)13-9-15/h6-13,18,21,31H,25-26H2,1H3,(H,27,29)(H,28,30)/t18-,22+/m1/s1. The zero-order valence-corrected chi connectivity index (χ0v) is 16.4. The normalized spacial score (nSPS) is 13.0. The largest absolute Gasteiger partial charge is 0.399 e. The molecule has 7 nitrogen and oxygen atoms in total. The molecule has 0 aliphatic rings. The topological polar surface area (TPSA) is 130 Å². The summed E-state index contributed by atoms with van der Waals surface area (Å²) in [5, 5.41) is 10.9. The van der Waals surface area contributed by atoms with Crippen molar-refractivity contribution in [3.63, 3.8) is 0 Å². The fourth-order valence-corrected chi connectivity index (χ4v) is 2.39. The van der Waals surface area contributed by atoms with E-state index in [0.717, 1.165) is 12.5 Å². The Morgan fingerprint density at radius 2 is 1.48 bits per heavy atom. The van der Waals surface area contributed by atoms with Crippen molar-refractivity contribution in [3.8, 4) is 23.7 Å². The molecule has 0 saturated carbocycles. The molecule has 0 spiro atoms. The van der Waals surface area contributed by atoms with Gasteiger partial charge in [0.25, 0.3) is 18.2 Å². The van der Waals surface area contributed by atoms with E-state index >= 15 is 0 Å². The van der Waals surface area contributed by atoms with Gasteiger partial charge in [-0.2, -0.15) is 0 Å². The first kappa shape index (κ1) is 23.4. The third kappa shape index (κ3) is 6.28. The van der Waals surface area contributed by atoms with E-state index < -0.39 is 29.8 Å². The molecule has 0 unspecified atom stereocenters. The van der Waals surface area contributed by atoms with Gasteiger partial charge in [-0.15, -0.1) is 0 Å². The van der Waals surface area contributed by atoms with Crippen LogP contribution < -0.4 is 22.3 Å². The maximum Gasteiger partial charge on any atom is 0.268 e. The van der Waals surface area contributed by atoms with Gasteiger partial charge >= 0.3 is 0 Å². The van der Waals surface area contributed by atoms with Crippen molar-refractivity contribution in [1.82, 2.24) is 10.8 Å². The van der Waals surface area contributed by atoms with Crippen LogP contribution in [0.4, 0.5) is 14.5 Å². The molecule has 0 aromatic heterocycles. The number of alkyl halides is 2. The van der Waals surface area contributed by atoms with E-state index in [0.29, 0.717) is 11.3 Å². The highest BCUT2D eigenvalue weighted by Crippen LogP contribution is 2.18. The Labute approximate surface area is 177 Å². The first-order valence-electron chi connectivity index (χ1n) is 8.94. The first-order valence-corrected chi connectivity index (χ1v) is 8.94. The summed E-state index contributed by atoms with van der Waals surface area (Å²) in [7, 11) is 0. The zero-order chi connectivity index (χ0) is 23.0. The summed E-state index contributed by atoms with van der Waals surface area (Å²) in [6, 6.07) is 11.0. The molecule has 2 rings (SSSR count). The van der Waals surface area contributed by atoms with Gasteiger partial charge in [0.2, 0.25) is 0 Å². The summed E-state index contributed by atoms with van der Waals surface area (Å²) in [4.78, 5) is 24.1. The van der Waals surface area contributed by atoms with Crippen molar-refractivity contribution < 1.29 is 23.6 Å². The average Bonchev–Trinajstić information content (AvgIpc) is 2.75. The Hall–Kier alpha value is -3.92. The molecule has 0 saturated heterocycles. The number of nitrogens with one attached hydrogen (secondary N) is 2. The number of carbonyl (C=O) groups excluding carboxylic acids is 2. The second kappa shape index (κ2) is 10.2. The van der Waals surface area contributed by atoms with Crippen LogP contribution in [0.2, 0.25) is 0 Å². The van der Waals surface area contributed by atoms with Gasteiger partial charge in [0.15, 0.2) is 0 Å². The molecule has 0 aliphatic heterocycles. The number of anilines is 1. The van der Waals surface area contributed by atoms with Crippen LogP contribution in [-0.2, 0) is 4.79 Å². The lowest BCUT2D eigenvalue weighted by molar-refractivity contribution is -0.134. The van der Waals surface area contributed by atoms with E-state index in [4.69, 9.17) is 16.7 Å². The molecule has 9 heteroatoms. The SMILES string of the molecule is C[C@@](N)(C(F)F)[C@H](NC(=O)c1ccc(C#CC#Cc2ccc(N)cc2)cc1)C(=O)NO. The van der Waals surface area contributed by atoms with Crippen molar-refractivity contribution in [3.05, 3.63) is 65.2 Å². The fourth-order valence-electron chi connectivity index (χ4n) is 2.39. The molecule has 0 radical (unpaired) electrons. The van der Waals surface area contributed by atoms with E-state index in [1.54, 1.807) is 24.3 Å². The molecular weight excluding hydrogens is 406 g/mol. The number of hydroxylamine groups is 1. The Kier molecular flexibility index (Phi) is 7.70. The summed E-state index contributed by atoms with van der Waals surface area (Å²) in [6.45, 7) is 0.891. The second-order valence-electron chi connectivity index (χ2n) is 6.75. The van der Waals surface area contributed by atoms with Crippen molar-refractivity contribution in [2.24, 2.45) is 5.73 Å². The fraction of sp³-hybridized carbons (Fsp3) is 0.182. The Balaban J connectivity index is 2.10. The van der Waals surface area contributed by atoms with Crippen molar-refractivity contribution in [2.75, 3.05) is 5.73 Å². The molecule has 0 heterocycles. The summed E-state index contributed by atoms with van der Waals surface area (Å²) in [5.41, 5.74) is 11.9. The van der Waals surface area contributed by atoms with E-state index in [1.807, 2.05) is 0 Å². The molecule has 2 amide bonds. The van der Waals surface area contributed by atoms with Crippen LogP contribution in [0.25, 0.3) is 0 Å². The highest BCUT2D eigenvalue weighted by atomic mass is 19.3. The van der Waals surface area contributed by atoms with Crippen LogP contribution in [0.3, 0.4) is 0 Å². The molecule has 31 heavy (non-hydrogen) atoms. The van der Waals surface area contributed by atoms with Crippen LogP contribution in [0.15, 0.2) is 48.5 Å². The lowest BCUT2D eigenvalue weighted by Crippen LogP contribution is -2.66. The minimum atomic E-state index is -3.14. The van der Waals surface area contributed by atoms with Crippen molar-refractivity contribution in [2.45, 2.75) is 24.9 Å². The van der Waals surface area contributed by atoms with Gasteiger partial charge in [-0.25, -0.2) is 14.3 Å². The van der Waals surface area contributed by atoms with Crippen molar-refractivity contribution >= 4 is 17.5 Å². The third-order valence-electron chi connectivity index (χ3n) is 4.27. The number of nitrogens with two attached hydrogens (primary N) is 2. The van der Waals surface area contributed by atoms with E-state index in [9.17, 15) is 18.4 Å². The number of hydrogen-bond donors (Lipinski definition) is 5. The number of halogens is 2. The molecule has 0 bridgehead atoms. The summed E-state index contributed by atoms with van der Waals surface area (Å²) < 4.78 is 26.3. The predicted molar refractivity (Wildman–Crippen MR) is 111 cm³/mol. The van der Waals surface area contributed by atoms with Gasteiger partial charge in [-0.05, 0) is 67.3 Å². The van der Waals surface area contributed by atoms with E-state index in [1.165, 1.54) is 29.7 Å². The third-order valence-corrected chi connectivity index (χ3v) is 4.27. The maximum absolute atomic E-state index is 13.2. The van der Waals surface area contributed by atoms with E-state index in [-0.39, 0.29) is 5.56 Å². The summed E-state index contributed by atoms with van der Waals surface area (Å²) >= 11 is 0. The smallest absolute Gasteiger partial charge is 0.268 e. The molecule has 2 aromatic carbocycles. The molecule has 0 fully saturated rings. The molecule has 2 atom stereocenters. The average molecular weight is 426 g/mol. The summed E-state index contributed by atoms with van der Waals surface area (Å²) in [5.74, 6) is 8.94. The lowest BCUT2D eigenvalue weighted by Gasteiger charge is -2.32. The Morgan fingerprint density at radius 3 is 1.94 bits per heavy atom. The maximum atomic E-state index is 13.2. The quantitative estimate of drug-likeness (QED) is 0.213. The van der Waals surface area contributed by atoms with Crippen LogP contribution in [0.1, 0.15) is 28.4 Å². The first-order chi connectivity index (χ1) is 14.6. The van der Waals surface area contributed by atoms with Crippen molar-refractivity contribution in [1.29, 1.82) is 0 Å². The number of hydrogen-bond acceptors (Lipinski definition) is 5. The molecular formula is C22H20F2N4O3. The van der Waals surface area contributed by atoms with E-state index in [2.05, 4.69) is 29.0 Å². The van der Waals surface area contributed by atoms with Gasteiger partial charge in [0.05, 0.1) is 0 Å². The molecule has 0 aliphatic carbocycles. The van der Waals surface area contributed by atoms with Gasteiger partial charge in [0.1, 0.15) is 11.6 Å². The number of nitrogen functional groups attached to an aromatic ring is 1. The Bertz CT molecular complexity index is 1060. The molecule has 2 aromatic rings. The van der Waals surface area contributed by atoms with Gasteiger partial charge in [-0.1, -0.05) is 11.8 Å². The monoisotopic (exact) mass is 426 g/mol. The highest BCUT2D eigenvalue weighted by Gasteiger charge is 2.44. The number of rotatable bonds is 5. The zero-order valence-electron chi connectivity index (χ0n) is 16.4. The van der Waals surface area contributed by atoms with Crippen LogP contribution in [0.5, 0.6) is 0 Å². The molecule has 160 valence electrons.